The maximum Gasteiger partial charge on any atom is 0.274 e. The number of fused-ring (bicyclic) bond motifs is 1. The predicted octanol–water partition coefficient (Wildman–Crippen LogP) is 3.48. The van der Waals surface area contributed by atoms with E-state index >= 15 is 0 Å². The van der Waals surface area contributed by atoms with Crippen molar-refractivity contribution in [2.24, 2.45) is 0 Å². The van der Waals surface area contributed by atoms with Gasteiger partial charge in [0.2, 0.25) is 5.82 Å². The molecular formula is C22H19N7O3. The molecule has 5 rings (SSSR count). The molecule has 0 aliphatic carbocycles. The predicted molar refractivity (Wildman–Crippen MR) is 116 cm³/mol. The third-order valence-corrected chi connectivity index (χ3v) is 5.04. The second kappa shape index (κ2) is 8.08. The van der Waals surface area contributed by atoms with Gasteiger partial charge < -0.3 is 14.6 Å². The molecule has 5 aromatic rings. The number of nitrogens with zero attached hydrogens (tertiary/aromatic N) is 5. The number of carbonyl (C=O) groups is 1. The van der Waals surface area contributed by atoms with Crippen LogP contribution in [0.1, 0.15) is 21.6 Å². The second-order valence-electron chi connectivity index (χ2n) is 7.23. The second-order valence-corrected chi connectivity index (χ2v) is 7.23. The molecule has 4 heterocycles. The van der Waals surface area contributed by atoms with E-state index in [9.17, 15) is 4.79 Å². The van der Waals surface area contributed by atoms with E-state index < -0.39 is 0 Å². The lowest BCUT2D eigenvalue weighted by atomic mass is 10.1. The minimum atomic E-state index is -0.274. The lowest BCUT2D eigenvalue weighted by Crippen LogP contribution is -2.15. The maximum atomic E-state index is 13.0. The van der Waals surface area contributed by atoms with Gasteiger partial charge in [-0.3, -0.25) is 14.3 Å². The number of rotatable bonds is 6. The largest absolute Gasteiger partial charge is 0.380 e. The normalized spacial score (nSPS) is 11.2. The van der Waals surface area contributed by atoms with E-state index in [4.69, 9.17) is 9.26 Å². The van der Waals surface area contributed by atoms with E-state index in [-0.39, 0.29) is 5.91 Å². The Labute approximate surface area is 182 Å². The number of pyridine rings is 1. The summed E-state index contributed by atoms with van der Waals surface area (Å²) in [7, 11) is 1.64. The summed E-state index contributed by atoms with van der Waals surface area (Å²) in [6.07, 6.45) is 6.64. The van der Waals surface area contributed by atoms with Crippen LogP contribution in [-0.2, 0) is 11.3 Å². The summed E-state index contributed by atoms with van der Waals surface area (Å²) in [6, 6.07) is 9.37. The summed E-state index contributed by atoms with van der Waals surface area (Å²) in [5.41, 5.74) is 5.04. The quantitative estimate of drug-likeness (QED) is 0.423. The van der Waals surface area contributed by atoms with Gasteiger partial charge in [-0.15, -0.1) is 0 Å². The van der Waals surface area contributed by atoms with Crippen LogP contribution in [0.4, 0.5) is 5.69 Å². The molecule has 1 aromatic carbocycles. The molecule has 0 aliphatic heterocycles. The Bertz CT molecular complexity index is 1400. The van der Waals surface area contributed by atoms with Crippen LogP contribution < -0.4 is 5.32 Å². The molecular weight excluding hydrogens is 410 g/mol. The van der Waals surface area contributed by atoms with Crippen LogP contribution in [0, 0.1) is 6.92 Å². The van der Waals surface area contributed by atoms with E-state index in [0.29, 0.717) is 46.5 Å². The summed E-state index contributed by atoms with van der Waals surface area (Å²) >= 11 is 0. The molecule has 10 heteroatoms. The molecule has 32 heavy (non-hydrogen) atoms. The average Bonchev–Trinajstić information content (AvgIpc) is 3.55. The number of anilines is 1. The molecule has 0 spiro atoms. The Kier molecular flexibility index (Phi) is 4.96. The molecule has 0 unspecified atom stereocenters. The molecule has 10 nitrogen and oxygen atoms in total. The van der Waals surface area contributed by atoms with E-state index in [2.05, 4.69) is 30.6 Å². The SMILES string of the molecule is COCc1ccn2c(C(=O)Nc3cc(-c4noc(-c5cn[nH]c5)n4)ccc3C)cnc2c1. The summed E-state index contributed by atoms with van der Waals surface area (Å²) in [5, 5.41) is 13.6. The molecule has 0 atom stereocenters. The first-order chi connectivity index (χ1) is 15.6. The molecule has 0 saturated heterocycles. The smallest absolute Gasteiger partial charge is 0.274 e. The standard InChI is InChI=1S/C22H19N7O3/c1-13-3-4-15(20-27-22(32-28-20)16-9-24-25-10-16)8-17(13)26-21(30)18-11-23-19-7-14(12-31-2)5-6-29(18)19/h3-11H,12H2,1-2H3,(H,24,25)(H,26,30). The first-order valence-corrected chi connectivity index (χ1v) is 9.82. The zero-order chi connectivity index (χ0) is 22.1. The number of aryl methyl sites for hydroxylation is 1. The summed E-state index contributed by atoms with van der Waals surface area (Å²) in [6.45, 7) is 2.40. The van der Waals surface area contributed by atoms with Crippen LogP contribution in [-0.4, -0.2) is 42.7 Å². The lowest BCUT2D eigenvalue weighted by molar-refractivity contribution is 0.102. The van der Waals surface area contributed by atoms with Gasteiger partial charge in [0.05, 0.1) is 24.6 Å². The van der Waals surface area contributed by atoms with Gasteiger partial charge in [0.1, 0.15) is 11.3 Å². The van der Waals surface area contributed by atoms with E-state index in [1.54, 1.807) is 30.1 Å². The minimum Gasteiger partial charge on any atom is -0.380 e. The van der Waals surface area contributed by atoms with Crippen molar-refractivity contribution in [1.29, 1.82) is 0 Å². The Morgan fingerprint density at radius 3 is 2.94 bits per heavy atom. The Balaban J connectivity index is 1.41. The van der Waals surface area contributed by atoms with Crippen LogP contribution in [0.5, 0.6) is 0 Å². The van der Waals surface area contributed by atoms with Gasteiger partial charge in [-0.25, -0.2) is 4.98 Å². The summed E-state index contributed by atoms with van der Waals surface area (Å²) in [5.74, 6) is 0.500. The highest BCUT2D eigenvalue weighted by Crippen LogP contribution is 2.26. The van der Waals surface area contributed by atoms with Gasteiger partial charge >= 0.3 is 0 Å². The fraction of sp³-hybridized carbons (Fsp3) is 0.136. The molecule has 4 aromatic heterocycles. The number of benzene rings is 1. The van der Waals surface area contributed by atoms with Gasteiger partial charge in [0.25, 0.3) is 11.8 Å². The molecule has 2 N–H and O–H groups in total. The van der Waals surface area contributed by atoms with Gasteiger partial charge in [-0.05, 0) is 36.2 Å². The van der Waals surface area contributed by atoms with Gasteiger partial charge in [0.15, 0.2) is 0 Å². The molecule has 1 amide bonds. The Morgan fingerprint density at radius 1 is 1.22 bits per heavy atom. The zero-order valence-electron chi connectivity index (χ0n) is 17.4. The topological polar surface area (TPSA) is 123 Å². The first-order valence-electron chi connectivity index (χ1n) is 9.82. The van der Waals surface area contributed by atoms with Crippen LogP contribution in [0.3, 0.4) is 0 Å². The highest BCUT2D eigenvalue weighted by atomic mass is 16.5. The van der Waals surface area contributed by atoms with Gasteiger partial charge in [-0.1, -0.05) is 17.3 Å². The lowest BCUT2D eigenvalue weighted by Gasteiger charge is -2.10. The monoisotopic (exact) mass is 429 g/mol. The highest BCUT2D eigenvalue weighted by Gasteiger charge is 2.16. The van der Waals surface area contributed by atoms with Crippen molar-refractivity contribution in [3.8, 4) is 22.8 Å². The van der Waals surface area contributed by atoms with Crippen molar-refractivity contribution < 1.29 is 14.1 Å². The number of carbonyl (C=O) groups excluding carboxylic acids is 1. The number of amides is 1. The Morgan fingerprint density at radius 2 is 2.12 bits per heavy atom. The number of H-pyrrole nitrogens is 1. The number of hydrogen-bond donors (Lipinski definition) is 2. The molecule has 0 radical (unpaired) electrons. The fourth-order valence-electron chi connectivity index (χ4n) is 3.36. The van der Waals surface area contributed by atoms with Crippen molar-refractivity contribution in [2.75, 3.05) is 12.4 Å². The maximum absolute atomic E-state index is 13.0. The average molecular weight is 429 g/mol. The summed E-state index contributed by atoms with van der Waals surface area (Å²) < 4.78 is 12.2. The molecule has 160 valence electrons. The van der Waals surface area contributed by atoms with Crippen molar-refractivity contribution in [3.63, 3.8) is 0 Å². The number of hydrogen-bond acceptors (Lipinski definition) is 7. The number of aromatic nitrogens is 6. The van der Waals surface area contributed by atoms with Crippen LogP contribution >= 0.6 is 0 Å². The van der Waals surface area contributed by atoms with E-state index in [1.807, 2.05) is 43.5 Å². The van der Waals surface area contributed by atoms with Crippen molar-refractivity contribution in [1.82, 2.24) is 29.7 Å². The van der Waals surface area contributed by atoms with Crippen molar-refractivity contribution in [3.05, 3.63) is 71.9 Å². The zero-order valence-corrected chi connectivity index (χ0v) is 17.4. The van der Waals surface area contributed by atoms with Crippen molar-refractivity contribution >= 4 is 17.2 Å². The molecule has 0 aliphatic rings. The van der Waals surface area contributed by atoms with Gasteiger partial charge in [0, 0.05) is 30.8 Å². The molecule has 0 saturated carbocycles. The number of nitrogens with one attached hydrogen (secondary N) is 2. The van der Waals surface area contributed by atoms with Crippen LogP contribution in [0.2, 0.25) is 0 Å². The number of imidazole rings is 1. The van der Waals surface area contributed by atoms with Gasteiger partial charge in [-0.2, -0.15) is 10.1 Å². The number of ether oxygens (including phenoxy) is 1. The molecule has 0 bridgehead atoms. The van der Waals surface area contributed by atoms with Crippen LogP contribution in [0.15, 0.2) is 59.6 Å². The Hall–Kier alpha value is -4.31. The first kappa shape index (κ1) is 19.6. The highest BCUT2D eigenvalue weighted by molar-refractivity contribution is 6.04. The number of aromatic amines is 1. The van der Waals surface area contributed by atoms with E-state index in [0.717, 1.165) is 11.1 Å². The third kappa shape index (κ3) is 3.63. The van der Waals surface area contributed by atoms with Crippen LogP contribution in [0.25, 0.3) is 28.5 Å². The third-order valence-electron chi connectivity index (χ3n) is 5.04. The minimum absolute atomic E-state index is 0.274. The van der Waals surface area contributed by atoms with Crippen molar-refractivity contribution in [2.45, 2.75) is 13.5 Å². The fourth-order valence-corrected chi connectivity index (χ4v) is 3.36. The number of methoxy groups -OCH3 is 1. The summed E-state index contributed by atoms with van der Waals surface area (Å²) in [4.78, 5) is 21.8. The van der Waals surface area contributed by atoms with E-state index in [1.165, 1.54) is 0 Å². The molecule has 0 fully saturated rings.